The van der Waals surface area contributed by atoms with E-state index in [1.807, 2.05) is 62.6 Å². The molecule has 8 nitrogen and oxygen atoms in total. The number of nitrogens with zero attached hydrogens (tertiary/aromatic N) is 2. The molecule has 0 bridgehead atoms. The van der Waals surface area contributed by atoms with Crippen molar-refractivity contribution in [1.29, 1.82) is 0 Å². The van der Waals surface area contributed by atoms with E-state index >= 15 is 0 Å². The Morgan fingerprint density at radius 2 is 1.74 bits per heavy atom. The predicted molar refractivity (Wildman–Crippen MR) is 152 cm³/mol. The monoisotopic (exact) mass is 527 g/mol. The predicted octanol–water partition coefficient (Wildman–Crippen LogP) is 5.39. The fraction of sp³-hybridized carbons (Fsp3) is 0.258. The second-order valence-corrected chi connectivity index (χ2v) is 9.47. The van der Waals surface area contributed by atoms with Crippen LogP contribution in [-0.4, -0.2) is 60.5 Å². The molecule has 8 heteroatoms. The molecule has 0 saturated heterocycles. The number of H-pyrrole nitrogens is 1. The number of carbonyl (C=O) groups excluding carboxylic acids is 2. The Kier molecular flexibility index (Phi) is 8.78. The highest BCUT2D eigenvalue weighted by Gasteiger charge is 2.20. The second kappa shape index (κ2) is 12.4. The summed E-state index contributed by atoms with van der Waals surface area (Å²) in [6.45, 7) is 2.95. The maximum atomic E-state index is 12.1. The van der Waals surface area contributed by atoms with E-state index < -0.39 is 5.97 Å². The van der Waals surface area contributed by atoms with Gasteiger partial charge in [0.25, 0.3) is 0 Å². The van der Waals surface area contributed by atoms with Crippen molar-refractivity contribution < 1.29 is 24.2 Å². The Balaban J connectivity index is 1.81. The van der Waals surface area contributed by atoms with Crippen molar-refractivity contribution in [1.82, 2.24) is 9.88 Å². The molecule has 1 aromatic heterocycles. The first-order chi connectivity index (χ1) is 18.8. The molecule has 1 heterocycles. The summed E-state index contributed by atoms with van der Waals surface area (Å²) >= 11 is 0. The number of fused-ring (bicyclic) bond motifs is 1. The Bertz CT molecular complexity index is 1500. The summed E-state index contributed by atoms with van der Waals surface area (Å²) in [5, 5.41) is 11.8. The zero-order valence-electron chi connectivity index (χ0n) is 22.7. The van der Waals surface area contributed by atoms with Gasteiger partial charge in [0.15, 0.2) is 5.88 Å². The number of carbonyl (C=O) groups is 2. The van der Waals surface area contributed by atoms with Crippen molar-refractivity contribution >= 4 is 34.2 Å². The molecule has 4 aromatic rings. The molecule has 3 aromatic carbocycles. The maximum absolute atomic E-state index is 12.1. The van der Waals surface area contributed by atoms with Crippen LogP contribution >= 0.6 is 0 Å². The van der Waals surface area contributed by atoms with Gasteiger partial charge in [0, 0.05) is 29.4 Å². The minimum Gasteiger partial charge on any atom is -0.494 e. The molecule has 0 atom stereocenters. The summed E-state index contributed by atoms with van der Waals surface area (Å²) in [6.07, 6.45) is 0.785. The van der Waals surface area contributed by atoms with Crippen molar-refractivity contribution in [2.75, 3.05) is 27.8 Å². The average molecular weight is 528 g/mol. The minimum atomic E-state index is -0.464. The van der Waals surface area contributed by atoms with Gasteiger partial charge in [0.1, 0.15) is 0 Å². The number of benzene rings is 3. The summed E-state index contributed by atoms with van der Waals surface area (Å²) in [7, 11) is 5.36. The van der Waals surface area contributed by atoms with Crippen molar-refractivity contribution in [2.24, 2.45) is 4.99 Å². The third-order valence-corrected chi connectivity index (χ3v) is 6.24. The molecule has 0 fully saturated rings. The molecule has 2 N–H and O–H groups in total. The van der Waals surface area contributed by atoms with E-state index in [2.05, 4.69) is 9.88 Å². The van der Waals surface area contributed by atoms with Crippen LogP contribution in [0.3, 0.4) is 0 Å². The van der Waals surface area contributed by atoms with Gasteiger partial charge in [0.2, 0.25) is 0 Å². The lowest BCUT2D eigenvalue weighted by molar-refractivity contribution is -0.143. The molecule has 0 spiro atoms. The molecule has 0 radical (unpaired) electrons. The number of aromatic nitrogens is 1. The van der Waals surface area contributed by atoms with E-state index in [-0.39, 0.29) is 18.3 Å². The number of nitrogens with one attached hydrogen (secondary N) is 1. The van der Waals surface area contributed by atoms with E-state index in [1.54, 1.807) is 25.1 Å². The second-order valence-electron chi connectivity index (χ2n) is 9.47. The fourth-order valence-corrected chi connectivity index (χ4v) is 4.46. The molecule has 0 aliphatic carbocycles. The average Bonchev–Trinajstić information content (AvgIpc) is 3.25. The number of aromatic amines is 1. The zero-order valence-corrected chi connectivity index (χ0v) is 22.7. The summed E-state index contributed by atoms with van der Waals surface area (Å²) in [5.74, 6) is -0.772. The van der Waals surface area contributed by atoms with E-state index in [0.717, 1.165) is 28.9 Å². The largest absolute Gasteiger partial charge is 0.494 e. The lowest BCUT2D eigenvalue weighted by Gasteiger charge is -2.11. The van der Waals surface area contributed by atoms with Crippen LogP contribution in [0.1, 0.15) is 46.0 Å². The number of aromatic hydroxyl groups is 1. The number of methoxy groups -OCH3 is 1. The van der Waals surface area contributed by atoms with Gasteiger partial charge in [-0.25, -0.2) is 9.79 Å². The standard InChI is InChI=1S/C31H33N3O5/c1-5-39-27(35)16-11-20-7-6-8-22(17-20)29(32-24-13-9-21(10-14-24)19-34(2)3)28-25-15-12-23(31(37)38-4)18-26(25)33-30(28)36/h6-10,12-15,17-18,33,36H,5,11,16,19H2,1-4H3. The van der Waals surface area contributed by atoms with Gasteiger partial charge in [-0.15, -0.1) is 0 Å². The first-order valence-corrected chi connectivity index (χ1v) is 12.8. The van der Waals surface area contributed by atoms with Crippen LogP contribution in [0.5, 0.6) is 5.88 Å². The molecule has 0 amide bonds. The Morgan fingerprint density at radius 1 is 0.974 bits per heavy atom. The number of hydrogen-bond donors (Lipinski definition) is 2. The first kappa shape index (κ1) is 27.6. The lowest BCUT2D eigenvalue weighted by atomic mass is 9.97. The molecule has 0 aliphatic rings. The van der Waals surface area contributed by atoms with Gasteiger partial charge in [-0.2, -0.15) is 0 Å². The van der Waals surface area contributed by atoms with Gasteiger partial charge in [-0.1, -0.05) is 36.4 Å². The van der Waals surface area contributed by atoms with Crippen LogP contribution in [0.2, 0.25) is 0 Å². The number of aliphatic imine (C=N–C) groups is 1. The van der Waals surface area contributed by atoms with Crippen LogP contribution < -0.4 is 0 Å². The molecular weight excluding hydrogens is 494 g/mol. The van der Waals surface area contributed by atoms with Gasteiger partial charge < -0.3 is 24.5 Å². The Hall–Kier alpha value is -4.43. The summed E-state index contributed by atoms with van der Waals surface area (Å²) in [6, 6.07) is 20.8. The first-order valence-electron chi connectivity index (χ1n) is 12.8. The van der Waals surface area contributed by atoms with Crippen LogP contribution in [0, 0.1) is 0 Å². The van der Waals surface area contributed by atoms with Crippen LogP contribution in [0.15, 0.2) is 71.7 Å². The summed E-state index contributed by atoms with van der Waals surface area (Å²) in [5.41, 5.74) is 5.64. The van der Waals surface area contributed by atoms with Gasteiger partial charge in [0.05, 0.1) is 36.2 Å². The number of rotatable bonds is 10. The van der Waals surface area contributed by atoms with Crippen molar-refractivity contribution in [3.63, 3.8) is 0 Å². The lowest BCUT2D eigenvalue weighted by Crippen LogP contribution is -2.10. The molecule has 4 rings (SSSR count). The highest BCUT2D eigenvalue weighted by Crippen LogP contribution is 2.32. The highest BCUT2D eigenvalue weighted by atomic mass is 16.5. The summed E-state index contributed by atoms with van der Waals surface area (Å²) in [4.78, 5) is 34.1. The molecule has 39 heavy (non-hydrogen) atoms. The third kappa shape index (κ3) is 6.72. The van der Waals surface area contributed by atoms with E-state index in [9.17, 15) is 14.7 Å². The Labute approximate surface area is 227 Å². The Morgan fingerprint density at radius 3 is 2.44 bits per heavy atom. The smallest absolute Gasteiger partial charge is 0.337 e. The number of ether oxygens (including phenoxy) is 2. The molecule has 0 unspecified atom stereocenters. The van der Waals surface area contributed by atoms with Crippen molar-refractivity contribution in [2.45, 2.75) is 26.3 Å². The van der Waals surface area contributed by atoms with Gasteiger partial charge in [-0.3, -0.25) is 4.79 Å². The molecule has 0 saturated carbocycles. The molecular formula is C31H33N3O5. The third-order valence-electron chi connectivity index (χ3n) is 6.24. The highest BCUT2D eigenvalue weighted by molar-refractivity contribution is 6.22. The van der Waals surface area contributed by atoms with Crippen LogP contribution in [0.25, 0.3) is 10.9 Å². The normalized spacial score (nSPS) is 11.7. The van der Waals surface area contributed by atoms with Crippen LogP contribution in [0.4, 0.5) is 5.69 Å². The zero-order chi connectivity index (χ0) is 27.9. The minimum absolute atomic E-state index is 0.0630. The number of aryl methyl sites for hydroxylation is 1. The van der Waals surface area contributed by atoms with E-state index in [0.29, 0.717) is 40.8 Å². The van der Waals surface area contributed by atoms with Crippen molar-refractivity contribution in [3.8, 4) is 5.88 Å². The van der Waals surface area contributed by atoms with E-state index in [1.165, 1.54) is 7.11 Å². The number of esters is 2. The topological polar surface area (TPSA) is 104 Å². The molecule has 202 valence electrons. The van der Waals surface area contributed by atoms with E-state index in [4.69, 9.17) is 14.5 Å². The van der Waals surface area contributed by atoms with Crippen molar-refractivity contribution in [3.05, 3.63) is 94.5 Å². The quantitative estimate of drug-likeness (QED) is 0.212. The fourth-order valence-electron chi connectivity index (χ4n) is 4.46. The van der Waals surface area contributed by atoms with Gasteiger partial charge >= 0.3 is 11.9 Å². The van der Waals surface area contributed by atoms with Crippen LogP contribution in [-0.2, 0) is 27.2 Å². The molecule has 0 aliphatic heterocycles. The maximum Gasteiger partial charge on any atom is 0.337 e. The SMILES string of the molecule is CCOC(=O)CCc1cccc(C(=Nc2ccc(CN(C)C)cc2)c2c(O)[nH]c3cc(C(=O)OC)ccc23)c1. The summed E-state index contributed by atoms with van der Waals surface area (Å²) < 4.78 is 9.92. The number of hydrogen-bond acceptors (Lipinski definition) is 7. The van der Waals surface area contributed by atoms with Gasteiger partial charge in [-0.05, 0) is 68.9 Å².